The van der Waals surface area contributed by atoms with E-state index in [0.717, 1.165) is 4.47 Å². The number of aromatic nitrogens is 1. The van der Waals surface area contributed by atoms with Gasteiger partial charge >= 0.3 is 0 Å². The number of hydrogen-bond acceptors (Lipinski definition) is 3. The number of amides is 1. The van der Waals surface area contributed by atoms with Crippen molar-refractivity contribution in [2.75, 3.05) is 5.32 Å². The van der Waals surface area contributed by atoms with E-state index in [1.165, 1.54) is 12.3 Å². The Bertz CT molecular complexity index is 565. The Morgan fingerprint density at radius 1 is 1.17 bits per heavy atom. The Kier molecular flexibility index (Phi) is 3.84. The highest BCUT2D eigenvalue weighted by molar-refractivity contribution is 9.10. The summed E-state index contributed by atoms with van der Waals surface area (Å²) < 4.78 is 0.942. The molecular formula is C13H9BrN2O2. The fourth-order valence-electron chi connectivity index (χ4n) is 1.35. The van der Waals surface area contributed by atoms with Gasteiger partial charge in [0.05, 0.1) is 5.56 Å². The topological polar surface area (TPSA) is 59.1 Å². The molecule has 5 heteroatoms. The number of carbonyl (C=O) groups excluding carboxylic acids is 2. The van der Waals surface area contributed by atoms with E-state index in [1.807, 2.05) is 12.1 Å². The molecular weight excluding hydrogens is 296 g/mol. The number of aldehydes is 1. The van der Waals surface area contributed by atoms with E-state index in [9.17, 15) is 9.59 Å². The Morgan fingerprint density at radius 2 is 1.89 bits per heavy atom. The number of rotatable bonds is 3. The van der Waals surface area contributed by atoms with E-state index >= 15 is 0 Å². The van der Waals surface area contributed by atoms with Crippen molar-refractivity contribution in [3.63, 3.8) is 0 Å². The first kappa shape index (κ1) is 12.4. The van der Waals surface area contributed by atoms with Crippen LogP contribution in [0.4, 0.5) is 5.69 Å². The third kappa shape index (κ3) is 3.01. The summed E-state index contributed by atoms with van der Waals surface area (Å²) in [6.07, 6.45) is 2.01. The molecule has 0 aliphatic rings. The Labute approximate surface area is 112 Å². The maximum Gasteiger partial charge on any atom is 0.257 e. The number of pyridine rings is 1. The summed E-state index contributed by atoms with van der Waals surface area (Å²) in [7, 11) is 0. The highest BCUT2D eigenvalue weighted by atomic mass is 79.9. The van der Waals surface area contributed by atoms with E-state index < -0.39 is 0 Å². The first-order valence-electron chi connectivity index (χ1n) is 5.17. The molecule has 0 spiro atoms. The van der Waals surface area contributed by atoms with Gasteiger partial charge in [0.15, 0.2) is 6.29 Å². The van der Waals surface area contributed by atoms with Gasteiger partial charge in [-0.15, -0.1) is 0 Å². The summed E-state index contributed by atoms with van der Waals surface area (Å²) in [5.41, 5.74) is 1.40. The van der Waals surface area contributed by atoms with E-state index in [-0.39, 0.29) is 5.91 Å². The largest absolute Gasteiger partial charge is 0.322 e. The fraction of sp³-hybridized carbons (Fsp3) is 0. The SMILES string of the molecule is O=Cc1ccc(C(=O)Nc2ccc(Br)cc2)cn1. The molecule has 4 nitrogen and oxygen atoms in total. The van der Waals surface area contributed by atoms with Crippen molar-refractivity contribution in [2.24, 2.45) is 0 Å². The van der Waals surface area contributed by atoms with E-state index in [0.29, 0.717) is 23.2 Å². The van der Waals surface area contributed by atoms with Crippen LogP contribution in [0.3, 0.4) is 0 Å². The van der Waals surface area contributed by atoms with Gasteiger partial charge in [0.1, 0.15) is 5.69 Å². The van der Waals surface area contributed by atoms with Crippen molar-refractivity contribution in [3.05, 3.63) is 58.3 Å². The quantitative estimate of drug-likeness (QED) is 0.887. The van der Waals surface area contributed by atoms with Crippen LogP contribution in [-0.4, -0.2) is 17.2 Å². The lowest BCUT2D eigenvalue weighted by molar-refractivity contribution is 0.102. The number of halogens is 1. The monoisotopic (exact) mass is 304 g/mol. The summed E-state index contributed by atoms with van der Waals surface area (Å²) >= 11 is 3.32. The first-order chi connectivity index (χ1) is 8.69. The van der Waals surface area contributed by atoms with E-state index in [2.05, 4.69) is 26.2 Å². The van der Waals surface area contributed by atoms with Crippen molar-refractivity contribution in [2.45, 2.75) is 0 Å². The molecule has 0 saturated carbocycles. The van der Waals surface area contributed by atoms with Gasteiger partial charge in [-0.2, -0.15) is 0 Å². The number of nitrogens with zero attached hydrogens (tertiary/aromatic N) is 1. The number of carbonyl (C=O) groups is 2. The van der Waals surface area contributed by atoms with Crippen LogP contribution in [0.25, 0.3) is 0 Å². The van der Waals surface area contributed by atoms with Gasteiger partial charge in [0.2, 0.25) is 0 Å². The second-order valence-electron chi connectivity index (χ2n) is 3.55. The van der Waals surface area contributed by atoms with Crippen LogP contribution < -0.4 is 5.32 Å². The van der Waals surface area contributed by atoms with Gasteiger partial charge in [-0.05, 0) is 36.4 Å². The third-order valence-corrected chi connectivity index (χ3v) is 2.80. The molecule has 0 fully saturated rings. The lowest BCUT2D eigenvalue weighted by Gasteiger charge is -2.04. The van der Waals surface area contributed by atoms with Gasteiger partial charge in [0.25, 0.3) is 5.91 Å². The minimum Gasteiger partial charge on any atom is -0.322 e. The normalized spacial score (nSPS) is 9.83. The smallest absolute Gasteiger partial charge is 0.257 e. The van der Waals surface area contributed by atoms with Crippen LogP contribution in [0.5, 0.6) is 0 Å². The number of benzene rings is 1. The number of hydrogen-bond donors (Lipinski definition) is 1. The lowest BCUT2D eigenvalue weighted by Crippen LogP contribution is -2.12. The molecule has 0 radical (unpaired) electrons. The van der Waals surface area contributed by atoms with E-state index in [1.54, 1.807) is 18.2 Å². The molecule has 1 amide bonds. The molecule has 0 bridgehead atoms. The predicted molar refractivity (Wildman–Crippen MR) is 71.7 cm³/mol. The molecule has 0 atom stereocenters. The molecule has 18 heavy (non-hydrogen) atoms. The van der Waals surface area contributed by atoms with Gasteiger partial charge in [0, 0.05) is 16.4 Å². The average molecular weight is 305 g/mol. The summed E-state index contributed by atoms with van der Waals surface area (Å²) in [6, 6.07) is 10.3. The van der Waals surface area contributed by atoms with Crippen molar-refractivity contribution < 1.29 is 9.59 Å². The highest BCUT2D eigenvalue weighted by Gasteiger charge is 2.06. The fourth-order valence-corrected chi connectivity index (χ4v) is 1.61. The van der Waals surface area contributed by atoms with Crippen LogP contribution in [0, 0.1) is 0 Å². The van der Waals surface area contributed by atoms with Crippen LogP contribution in [-0.2, 0) is 0 Å². The van der Waals surface area contributed by atoms with Crippen molar-refractivity contribution in [3.8, 4) is 0 Å². The summed E-state index contributed by atoms with van der Waals surface area (Å²) in [4.78, 5) is 26.1. The molecule has 1 heterocycles. The molecule has 2 aromatic rings. The Balaban J connectivity index is 2.11. The third-order valence-electron chi connectivity index (χ3n) is 2.27. The molecule has 0 aliphatic carbocycles. The molecule has 1 N–H and O–H groups in total. The maximum atomic E-state index is 11.8. The zero-order valence-corrected chi connectivity index (χ0v) is 10.8. The molecule has 0 saturated heterocycles. The van der Waals surface area contributed by atoms with Crippen molar-refractivity contribution in [1.82, 2.24) is 4.98 Å². The molecule has 90 valence electrons. The summed E-state index contributed by atoms with van der Waals surface area (Å²) in [5, 5.41) is 2.73. The maximum absolute atomic E-state index is 11.8. The van der Waals surface area contributed by atoms with Crippen LogP contribution in [0.1, 0.15) is 20.8 Å². The number of anilines is 1. The summed E-state index contributed by atoms with van der Waals surface area (Å²) in [5.74, 6) is -0.262. The van der Waals surface area contributed by atoms with Crippen molar-refractivity contribution in [1.29, 1.82) is 0 Å². The zero-order chi connectivity index (χ0) is 13.0. The van der Waals surface area contributed by atoms with Gasteiger partial charge in [-0.3, -0.25) is 14.6 Å². The zero-order valence-electron chi connectivity index (χ0n) is 9.26. The standard InChI is InChI=1S/C13H9BrN2O2/c14-10-2-5-11(6-3-10)16-13(18)9-1-4-12(8-17)15-7-9/h1-8H,(H,16,18). The lowest BCUT2D eigenvalue weighted by atomic mass is 10.2. The number of nitrogens with one attached hydrogen (secondary N) is 1. The summed E-state index contributed by atoms with van der Waals surface area (Å²) in [6.45, 7) is 0. The Morgan fingerprint density at radius 3 is 2.44 bits per heavy atom. The van der Waals surface area contributed by atoms with Gasteiger partial charge in [-0.25, -0.2) is 0 Å². The Hall–Kier alpha value is -2.01. The molecule has 1 aromatic heterocycles. The van der Waals surface area contributed by atoms with Crippen molar-refractivity contribution >= 4 is 33.8 Å². The molecule has 0 aliphatic heterocycles. The van der Waals surface area contributed by atoms with Crippen LogP contribution in [0.2, 0.25) is 0 Å². The highest BCUT2D eigenvalue weighted by Crippen LogP contribution is 2.14. The molecule has 1 aromatic carbocycles. The minimum atomic E-state index is -0.262. The molecule has 2 rings (SSSR count). The van der Waals surface area contributed by atoms with Crippen LogP contribution >= 0.6 is 15.9 Å². The second kappa shape index (κ2) is 5.55. The second-order valence-corrected chi connectivity index (χ2v) is 4.47. The van der Waals surface area contributed by atoms with Gasteiger partial charge in [-0.1, -0.05) is 15.9 Å². The molecule has 0 unspecified atom stereocenters. The minimum absolute atomic E-state index is 0.262. The van der Waals surface area contributed by atoms with Crippen LogP contribution in [0.15, 0.2) is 47.1 Å². The van der Waals surface area contributed by atoms with Gasteiger partial charge < -0.3 is 5.32 Å². The predicted octanol–water partition coefficient (Wildman–Crippen LogP) is 2.91. The van der Waals surface area contributed by atoms with E-state index in [4.69, 9.17) is 0 Å². The average Bonchev–Trinajstić information content (AvgIpc) is 2.41. The first-order valence-corrected chi connectivity index (χ1v) is 5.96.